The predicted octanol–water partition coefficient (Wildman–Crippen LogP) is 3.91. The molecule has 1 aromatic heterocycles. The fourth-order valence-electron chi connectivity index (χ4n) is 2.24. The number of benzene rings is 2. The molecule has 0 aliphatic carbocycles. The molecule has 0 spiro atoms. The molecule has 0 aliphatic rings. The van der Waals surface area contributed by atoms with Crippen LogP contribution in [0.1, 0.15) is 21.0 Å². The van der Waals surface area contributed by atoms with Gasteiger partial charge >= 0.3 is 5.97 Å². The molecule has 1 amide bonds. The van der Waals surface area contributed by atoms with Gasteiger partial charge in [0.15, 0.2) is 0 Å². The number of aromatic nitrogens is 1. The van der Waals surface area contributed by atoms with Crippen molar-refractivity contribution in [1.29, 1.82) is 0 Å². The molecule has 0 unspecified atom stereocenters. The van der Waals surface area contributed by atoms with Gasteiger partial charge in [0.2, 0.25) is 0 Å². The SMILES string of the molecule is COC(=O)c1cccc(C(=O)Nc2cccc(Oc3ccccc3)c2)n1. The van der Waals surface area contributed by atoms with Crippen LogP contribution in [0.5, 0.6) is 11.5 Å². The van der Waals surface area contributed by atoms with E-state index in [1.807, 2.05) is 30.3 Å². The van der Waals surface area contributed by atoms with Crippen LogP contribution in [-0.4, -0.2) is 24.0 Å². The van der Waals surface area contributed by atoms with Gasteiger partial charge < -0.3 is 14.8 Å². The average Bonchev–Trinajstić information content (AvgIpc) is 2.68. The molecular formula is C20H16N2O4. The van der Waals surface area contributed by atoms with E-state index in [2.05, 4.69) is 15.0 Å². The molecule has 130 valence electrons. The lowest BCUT2D eigenvalue weighted by molar-refractivity contribution is 0.0594. The highest BCUT2D eigenvalue weighted by Crippen LogP contribution is 2.24. The van der Waals surface area contributed by atoms with Crippen molar-refractivity contribution in [3.8, 4) is 11.5 Å². The van der Waals surface area contributed by atoms with Gasteiger partial charge in [0.05, 0.1) is 7.11 Å². The van der Waals surface area contributed by atoms with Crippen molar-refractivity contribution in [1.82, 2.24) is 4.98 Å². The van der Waals surface area contributed by atoms with E-state index in [0.29, 0.717) is 17.2 Å². The Morgan fingerprint density at radius 2 is 1.54 bits per heavy atom. The highest BCUT2D eigenvalue weighted by Gasteiger charge is 2.13. The third-order valence-electron chi connectivity index (χ3n) is 3.45. The minimum Gasteiger partial charge on any atom is -0.464 e. The number of methoxy groups -OCH3 is 1. The monoisotopic (exact) mass is 348 g/mol. The quantitative estimate of drug-likeness (QED) is 0.707. The number of hydrogen-bond acceptors (Lipinski definition) is 5. The minimum atomic E-state index is -0.599. The van der Waals surface area contributed by atoms with E-state index in [0.717, 1.165) is 0 Å². The molecular weight excluding hydrogens is 332 g/mol. The Balaban J connectivity index is 1.74. The topological polar surface area (TPSA) is 77.5 Å². The summed E-state index contributed by atoms with van der Waals surface area (Å²) in [5.74, 6) is 0.249. The van der Waals surface area contributed by atoms with Crippen LogP contribution in [0, 0.1) is 0 Å². The number of anilines is 1. The van der Waals surface area contributed by atoms with Crippen molar-refractivity contribution >= 4 is 17.6 Å². The maximum absolute atomic E-state index is 12.4. The lowest BCUT2D eigenvalue weighted by atomic mass is 10.2. The molecule has 0 radical (unpaired) electrons. The number of rotatable bonds is 5. The van der Waals surface area contributed by atoms with Crippen LogP contribution in [0.25, 0.3) is 0 Å². The molecule has 0 saturated carbocycles. The number of ether oxygens (including phenoxy) is 2. The van der Waals surface area contributed by atoms with Gasteiger partial charge in [0, 0.05) is 11.8 Å². The molecule has 2 aromatic carbocycles. The summed E-state index contributed by atoms with van der Waals surface area (Å²) in [6, 6.07) is 20.9. The van der Waals surface area contributed by atoms with Gasteiger partial charge in [-0.1, -0.05) is 30.3 Å². The van der Waals surface area contributed by atoms with Gasteiger partial charge in [-0.05, 0) is 36.4 Å². The van der Waals surface area contributed by atoms with Crippen molar-refractivity contribution in [2.45, 2.75) is 0 Å². The molecule has 1 heterocycles. The summed E-state index contributed by atoms with van der Waals surface area (Å²) in [6.45, 7) is 0. The zero-order chi connectivity index (χ0) is 18.4. The molecule has 0 atom stereocenters. The maximum atomic E-state index is 12.4. The van der Waals surface area contributed by atoms with Crippen molar-refractivity contribution in [3.05, 3.63) is 84.2 Å². The first kappa shape index (κ1) is 17.2. The third kappa shape index (κ3) is 4.24. The number of para-hydroxylation sites is 1. The van der Waals surface area contributed by atoms with Gasteiger partial charge in [-0.25, -0.2) is 9.78 Å². The highest BCUT2D eigenvalue weighted by atomic mass is 16.5. The summed E-state index contributed by atoms with van der Waals surface area (Å²) in [7, 11) is 1.26. The van der Waals surface area contributed by atoms with Crippen LogP contribution in [0.2, 0.25) is 0 Å². The van der Waals surface area contributed by atoms with Crippen molar-refractivity contribution in [2.24, 2.45) is 0 Å². The zero-order valence-corrected chi connectivity index (χ0v) is 14.0. The predicted molar refractivity (Wildman–Crippen MR) is 96.5 cm³/mol. The smallest absolute Gasteiger partial charge is 0.356 e. The second kappa shape index (κ2) is 7.94. The lowest BCUT2D eigenvalue weighted by Gasteiger charge is -2.09. The zero-order valence-electron chi connectivity index (χ0n) is 14.0. The maximum Gasteiger partial charge on any atom is 0.356 e. The molecule has 1 N–H and O–H groups in total. The van der Waals surface area contributed by atoms with Crippen molar-refractivity contribution < 1.29 is 19.1 Å². The first-order valence-electron chi connectivity index (χ1n) is 7.85. The minimum absolute atomic E-state index is 0.0707. The molecule has 26 heavy (non-hydrogen) atoms. The van der Waals surface area contributed by atoms with Gasteiger partial charge in [-0.2, -0.15) is 0 Å². The van der Waals surface area contributed by atoms with E-state index in [1.54, 1.807) is 30.3 Å². The Hall–Kier alpha value is -3.67. The van der Waals surface area contributed by atoms with Gasteiger partial charge in [0.25, 0.3) is 5.91 Å². The van der Waals surface area contributed by atoms with Crippen LogP contribution < -0.4 is 10.1 Å². The number of carbonyl (C=O) groups is 2. The van der Waals surface area contributed by atoms with E-state index < -0.39 is 11.9 Å². The Labute approximate surface area is 150 Å². The largest absolute Gasteiger partial charge is 0.464 e. The average molecular weight is 348 g/mol. The number of amides is 1. The molecule has 3 rings (SSSR count). The summed E-state index contributed by atoms with van der Waals surface area (Å²) in [5.41, 5.74) is 0.734. The van der Waals surface area contributed by atoms with E-state index >= 15 is 0 Å². The van der Waals surface area contributed by atoms with E-state index in [-0.39, 0.29) is 11.4 Å². The molecule has 6 nitrogen and oxygen atoms in total. The molecule has 0 fully saturated rings. The van der Waals surface area contributed by atoms with Crippen LogP contribution in [0.4, 0.5) is 5.69 Å². The molecule has 0 aliphatic heterocycles. The number of nitrogens with zero attached hydrogens (tertiary/aromatic N) is 1. The number of pyridine rings is 1. The van der Waals surface area contributed by atoms with Crippen molar-refractivity contribution in [3.63, 3.8) is 0 Å². The normalized spacial score (nSPS) is 10.0. The molecule has 0 bridgehead atoms. The third-order valence-corrected chi connectivity index (χ3v) is 3.45. The first-order chi connectivity index (χ1) is 12.7. The van der Waals surface area contributed by atoms with Crippen LogP contribution in [-0.2, 0) is 4.74 Å². The Morgan fingerprint density at radius 1 is 0.846 bits per heavy atom. The highest BCUT2D eigenvalue weighted by molar-refractivity contribution is 6.03. The van der Waals surface area contributed by atoms with Crippen molar-refractivity contribution in [2.75, 3.05) is 12.4 Å². The Kier molecular flexibility index (Phi) is 5.24. The summed E-state index contributed by atoms with van der Waals surface area (Å²) in [4.78, 5) is 27.9. The fourth-order valence-corrected chi connectivity index (χ4v) is 2.24. The summed E-state index contributed by atoms with van der Waals surface area (Å²) < 4.78 is 10.4. The number of nitrogens with one attached hydrogen (secondary N) is 1. The van der Waals surface area contributed by atoms with Crippen LogP contribution in [0.15, 0.2) is 72.8 Å². The van der Waals surface area contributed by atoms with Crippen LogP contribution >= 0.6 is 0 Å². The summed E-state index contributed by atoms with van der Waals surface area (Å²) in [5, 5.41) is 2.73. The second-order valence-corrected chi connectivity index (χ2v) is 5.30. The molecule has 0 saturated heterocycles. The van der Waals surface area contributed by atoms with Gasteiger partial charge in [-0.15, -0.1) is 0 Å². The summed E-state index contributed by atoms with van der Waals surface area (Å²) >= 11 is 0. The molecule has 6 heteroatoms. The van der Waals surface area contributed by atoms with Crippen LogP contribution in [0.3, 0.4) is 0 Å². The lowest BCUT2D eigenvalue weighted by Crippen LogP contribution is -2.16. The number of hydrogen-bond donors (Lipinski definition) is 1. The first-order valence-corrected chi connectivity index (χ1v) is 7.85. The standard InChI is InChI=1S/C20H16N2O4/c1-25-20(24)18-12-6-11-17(22-18)19(23)21-14-7-5-10-16(13-14)26-15-8-3-2-4-9-15/h2-13H,1H3,(H,21,23). The molecule has 3 aromatic rings. The summed E-state index contributed by atoms with van der Waals surface area (Å²) in [6.07, 6.45) is 0. The van der Waals surface area contributed by atoms with Gasteiger partial charge in [-0.3, -0.25) is 4.79 Å². The van der Waals surface area contributed by atoms with E-state index in [9.17, 15) is 9.59 Å². The number of carbonyl (C=O) groups excluding carboxylic acids is 2. The fraction of sp³-hybridized carbons (Fsp3) is 0.0500. The Bertz CT molecular complexity index is 926. The number of esters is 1. The Morgan fingerprint density at radius 3 is 2.31 bits per heavy atom. The van der Waals surface area contributed by atoms with E-state index in [1.165, 1.54) is 19.2 Å². The van der Waals surface area contributed by atoms with Gasteiger partial charge in [0.1, 0.15) is 22.9 Å². The second-order valence-electron chi connectivity index (χ2n) is 5.30. The van der Waals surface area contributed by atoms with E-state index in [4.69, 9.17) is 4.74 Å².